The highest BCUT2D eigenvalue weighted by Crippen LogP contribution is 2.21. The standard InChI is InChI=1S/C17H19N5O2/c1-4-22-9-8-14(20-22)17-19-15(21-24-17)12-6-5-7-13(10-12)16(23)18-11(2)3/h5-11H,4H2,1-3H3,(H,18,23). The Bertz CT molecular complexity index is 850. The maximum absolute atomic E-state index is 12.1. The number of nitrogens with one attached hydrogen (secondary N) is 1. The average molecular weight is 325 g/mol. The summed E-state index contributed by atoms with van der Waals surface area (Å²) in [6, 6.07) is 9.04. The van der Waals surface area contributed by atoms with Gasteiger partial charge < -0.3 is 9.84 Å². The first-order chi connectivity index (χ1) is 11.6. The van der Waals surface area contributed by atoms with E-state index in [9.17, 15) is 4.79 Å². The smallest absolute Gasteiger partial charge is 0.278 e. The fourth-order valence-corrected chi connectivity index (χ4v) is 2.24. The molecule has 0 spiro atoms. The number of hydrogen-bond acceptors (Lipinski definition) is 5. The van der Waals surface area contributed by atoms with Crippen LogP contribution in [0.2, 0.25) is 0 Å². The van der Waals surface area contributed by atoms with Gasteiger partial charge in [0.15, 0.2) is 5.69 Å². The Morgan fingerprint density at radius 3 is 2.88 bits per heavy atom. The van der Waals surface area contributed by atoms with Gasteiger partial charge in [-0.2, -0.15) is 10.1 Å². The molecule has 1 amide bonds. The van der Waals surface area contributed by atoms with Crippen LogP contribution in [0.3, 0.4) is 0 Å². The second-order valence-electron chi connectivity index (χ2n) is 5.69. The van der Waals surface area contributed by atoms with Crippen molar-refractivity contribution in [2.24, 2.45) is 0 Å². The van der Waals surface area contributed by atoms with Crippen LogP contribution in [-0.4, -0.2) is 31.9 Å². The van der Waals surface area contributed by atoms with Crippen LogP contribution in [-0.2, 0) is 6.54 Å². The van der Waals surface area contributed by atoms with Gasteiger partial charge in [-0.15, -0.1) is 0 Å². The van der Waals surface area contributed by atoms with Crippen molar-refractivity contribution in [1.82, 2.24) is 25.2 Å². The quantitative estimate of drug-likeness (QED) is 0.779. The Balaban J connectivity index is 1.86. The molecule has 0 aliphatic heterocycles. The first-order valence-electron chi connectivity index (χ1n) is 7.85. The summed E-state index contributed by atoms with van der Waals surface area (Å²) in [5.74, 6) is 0.654. The molecule has 0 aliphatic carbocycles. The molecule has 124 valence electrons. The van der Waals surface area contributed by atoms with Crippen molar-refractivity contribution < 1.29 is 9.32 Å². The third-order valence-electron chi connectivity index (χ3n) is 3.41. The summed E-state index contributed by atoms with van der Waals surface area (Å²) in [4.78, 5) is 16.5. The van der Waals surface area contributed by atoms with Gasteiger partial charge in [-0.1, -0.05) is 17.3 Å². The van der Waals surface area contributed by atoms with Crippen molar-refractivity contribution >= 4 is 5.91 Å². The highest BCUT2D eigenvalue weighted by atomic mass is 16.5. The highest BCUT2D eigenvalue weighted by molar-refractivity contribution is 5.95. The second-order valence-corrected chi connectivity index (χ2v) is 5.69. The minimum absolute atomic E-state index is 0.0756. The van der Waals surface area contributed by atoms with Crippen LogP contribution in [0, 0.1) is 0 Å². The van der Waals surface area contributed by atoms with Gasteiger partial charge >= 0.3 is 0 Å². The molecular weight excluding hydrogens is 306 g/mol. The largest absolute Gasteiger partial charge is 0.350 e. The lowest BCUT2D eigenvalue weighted by Crippen LogP contribution is -2.30. The van der Waals surface area contributed by atoms with Crippen LogP contribution < -0.4 is 5.32 Å². The van der Waals surface area contributed by atoms with Crippen molar-refractivity contribution in [2.75, 3.05) is 0 Å². The van der Waals surface area contributed by atoms with Crippen LogP contribution in [0.15, 0.2) is 41.1 Å². The zero-order valence-corrected chi connectivity index (χ0v) is 13.9. The number of aryl methyl sites for hydroxylation is 1. The Morgan fingerprint density at radius 2 is 2.17 bits per heavy atom. The maximum Gasteiger partial charge on any atom is 0.278 e. The van der Waals surface area contributed by atoms with Gasteiger partial charge in [0.25, 0.3) is 11.8 Å². The van der Waals surface area contributed by atoms with Crippen molar-refractivity contribution in [3.63, 3.8) is 0 Å². The van der Waals surface area contributed by atoms with Gasteiger partial charge in [-0.3, -0.25) is 9.48 Å². The fraction of sp³-hybridized carbons (Fsp3) is 0.294. The third-order valence-corrected chi connectivity index (χ3v) is 3.41. The third kappa shape index (κ3) is 3.34. The van der Waals surface area contributed by atoms with E-state index in [-0.39, 0.29) is 11.9 Å². The van der Waals surface area contributed by atoms with E-state index < -0.39 is 0 Å². The average Bonchev–Trinajstić information content (AvgIpc) is 3.23. The van der Waals surface area contributed by atoms with Gasteiger partial charge in [0.05, 0.1) is 0 Å². The topological polar surface area (TPSA) is 85.8 Å². The van der Waals surface area contributed by atoms with Crippen LogP contribution in [0.5, 0.6) is 0 Å². The zero-order chi connectivity index (χ0) is 17.1. The van der Waals surface area contributed by atoms with Crippen molar-refractivity contribution in [3.05, 3.63) is 42.1 Å². The van der Waals surface area contributed by atoms with Gasteiger partial charge in [-0.05, 0) is 39.0 Å². The predicted octanol–water partition coefficient (Wildman–Crippen LogP) is 2.76. The first-order valence-corrected chi connectivity index (χ1v) is 7.85. The van der Waals surface area contributed by atoms with Gasteiger partial charge in [0.1, 0.15) is 0 Å². The molecule has 0 unspecified atom stereocenters. The molecular formula is C17H19N5O2. The van der Waals surface area contributed by atoms with E-state index in [4.69, 9.17) is 4.52 Å². The van der Waals surface area contributed by atoms with Crippen LogP contribution in [0.1, 0.15) is 31.1 Å². The lowest BCUT2D eigenvalue weighted by atomic mass is 10.1. The van der Waals surface area contributed by atoms with Crippen molar-refractivity contribution in [3.8, 4) is 23.0 Å². The Hall–Kier alpha value is -2.96. The molecule has 2 heterocycles. The van der Waals surface area contributed by atoms with E-state index in [1.807, 2.05) is 39.1 Å². The lowest BCUT2D eigenvalue weighted by molar-refractivity contribution is 0.0943. The fourth-order valence-electron chi connectivity index (χ4n) is 2.24. The van der Waals surface area contributed by atoms with E-state index in [0.29, 0.717) is 23.0 Å². The number of rotatable bonds is 5. The van der Waals surface area contributed by atoms with Crippen LogP contribution >= 0.6 is 0 Å². The molecule has 7 nitrogen and oxygen atoms in total. The van der Waals surface area contributed by atoms with Crippen molar-refractivity contribution in [2.45, 2.75) is 33.4 Å². The second kappa shape index (κ2) is 6.66. The highest BCUT2D eigenvalue weighted by Gasteiger charge is 2.14. The van der Waals surface area contributed by atoms with Gasteiger partial charge in [-0.25, -0.2) is 0 Å². The number of aromatic nitrogens is 4. The molecule has 0 bridgehead atoms. The molecule has 0 saturated heterocycles. The SMILES string of the molecule is CCn1ccc(-c2nc(-c3cccc(C(=O)NC(C)C)c3)no2)n1. The number of carbonyl (C=O) groups is 1. The summed E-state index contributed by atoms with van der Waals surface area (Å²) in [5, 5.41) is 11.2. The summed E-state index contributed by atoms with van der Waals surface area (Å²) in [5.41, 5.74) is 1.91. The molecule has 0 saturated carbocycles. The van der Waals surface area contributed by atoms with E-state index in [2.05, 4.69) is 20.6 Å². The van der Waals surface area contributed by atoms with E-state index >= 15 is 0 Å². The molecule has 0 aliphatic rings. The number of amides is 1. The van der Waals surface area contributed by atoms with E-state index in [1.54, 1.807) is 22.9 Å². The molecule has 24 heavy (non-hydrogen) atoms. The number of hydrogen-bond donors (Lipinski definition) is 1. The Kier molecular flexibility index (Phi) is 4.41. The summed E-state index contributed by atoms with van der Waals surface area (Å²) in [7, 11) is 0. The molecule has 7 heteroatoms. The predicted molar refractivity (Wildman–Crippen MR) is 89.2 cm³/mol. The Morgan fingerprint density at radius 1 is 1.33 bits per heavy atom. The molecule has 3 rings (SSSR count). The van der Waals surface area contributed by atoms with Gasteiger partial charge in [0.2, 0.25) is 5.82 Å². The molecule has 0 radical (unpaired) electrons. The first kappa shape index (κ1) is 15.9. The number of benzene rings is 1. The summed E-state index contributed by atoms with van der Waals surface area (Å²) in [6.07, 6.45) is 1.86. The molecule has 0 fully saturated rings. The number of nitrogens with zero attached hydrogens (tertiary/aromatic N) is 4. The molecule has 1 N–H and O–H groups in total. The van der Waals surface area contributed by atoms with Crippen LogP contribution in [0.25, 0.3) is 23.0 Å². The Labute approximate surface area is 139 Å². The van der Waals surface area contributed by atoms with Gasteiger partial charge in [0, 0.05) is 29.9 Å². The lowest BCUT2D eigenvalue weighted by Gasteiger charge is -2.08. The molecule has 3 aromatic rings. The van der Waals surface area contributed by atoms with E-state index in [1.165, 1.54) is 0 Å². The van der Waals surface area contributed by atoms with Crippen LogP contribution in [0.4, 0.5) is 0 Å². The summed E-state index contributed by atoms with van der Waals surface area (Å²) < 4.78 is 7.08. The minimum atomic E-state index is -0.128. The monoisotopic (exact) mass is 325 g/mol. The van der Waals surface area contributed by atoms with E-state index in [0.717, 1.165) is 12.1 Å². The molecule has 2 aromatic heterocycles. The minimum Gasteiger partial charge on any atom is -0.350 e. The maximum atomic E-state index is 12.1. The molecule has 0 atom stereocenters. The molecule has 1 aromatic carbocycles. The summed E-state index contributed by atoms with van der Waals surface area (Å²) in [6.45, 7) is 6.61. The normalized spacial score (nSPS) is 11.0. The zero-order valence-electron chi connectivity index (χ0n) is 13.9. The summed E-state index contributed by atoms with van der Waals surface area (Å²) >= 11 is 0. The van der Waals surface area contributed by atoms with Crippen molar-refractivity contribution in [1.29, 1.82) is 0 Å². The number of carbonyl (C=O) groups excluding carboxylic acids is 1.